The van der Waals surface area contributed by atoms with E-state index in [-0.39, 0.29) is 0 Å². The maximum atomic E-state index is 10.9. The molecule has 0 radical (unpaired) electrons. The summed E-state index contributed by atoms with van der Waals surface area (Å²) in [5.74, 6) is 0. The van der Waals surface area contributed by atoms with Crippen molar-refractivity contribution in [1.29, 1.82) is 0 Å². The van der Waals surface area contributed by atoms with Crippen LogP contribution in [-0.2, 0) is 7.05 Å². The van der Waals surface area contributed by atoms with E-state index >= 15 is 0 Å². The van der Waals surface area contributed by atoms with Gasteiger partial charge in [-0.2, -0.15) is 5.10 Å². The van der Waals surface area contributed by atoms with Crippen molar-refractivity contribution in [2.45, 2.75) is 16.2 Å². The van der Waals surface area contributed by atoms with Gasteiger partial charge in [0, 0.05) is 7.05 Å². The highest BCUT2D eigenvalue weighted by molar-refractivity contribution is 8.01. The van der Waals surface area contributed by atoms with Crippen molar-refractivity contribution in [3.8, 4) is 0 Å². The smallest absolute Gasteiger partial charge is 0.154 e. The van der Waals surface area contributed by atoms with Gasteiger partial charge in [-0.05, 0) is 18.4 Å². The molecule has 0 fully saturated rings. The molecule has 0 aliphatic rings. The summed E-state index contributed by atoms with van der Waals surface area (Å²) in [4.78, 5) is 10.9. The molecule has 78 valence electrons. The predicted octanol–water partition coefficient (Wildman–Crippen LogP) is 2.75. The van der Waals surface area contributed by atoms with Gasteiger partial charge in [-0.15, -0.1) is 11.3 Å². The number of nitrogens with zero attached hydrogens (tertiary/aromatic N) is 2. The maximum Gasteiger partial charge on any atom is 0.154 e. The molecule has 2 aromatic heterocycles. The summed E-state index contributed by atoms with van der Waals surface area (Å²) in [5, 5.41) is 7.16. The number of thiophene rings is 1. The summed E-state index contributed by atoms with van der Waals surface area (Å²) in [5.41, 5.74) is 1.47. The molecule has 2 aromatic rings. The standard InChI is InChI=1S/C10H10N2OS2/c1-7-8(6-13)10(12(2)11-7)15-9-4-3-5-14-9/h3-6H,1-2H3. The summed E-state index contributed by atoms with van der Waals surface area (Å²) >= 11 is 3.24. The van der Waals surface area contributed by atoms with Crippen molar-refractivity contribution in [2.24, 2.45) is 7.05 Å². The number of hydrogen-bond donors (Lipinski definition) is 0. The summed E-state index contributed by atoms with van der Waals surface area (Å²) in [6.45, 7) is 1.85. The van der Waals surface area contributed by atoms with Gasteiger partial charge in [0.2, 0.25) is 0 Å². The zero-order valence-corrected chi connectivity index (χ0v) is 10.1. The largest absolute Gasteiger partial charge is 0.298 e. The second-order valence-corrected chi connectivity index (χ2v) is 5.32. The van der Waals surface area contributed by atoms with Crippen LogP contribution >= 0.6 is 23.1 Å². The Morgan fingerprint density at radius 1 is 1.60 bits per heavy atom. The van der Waals surface area contributed by atoms with E-state index in [1.807, 2.05) is 31.5 Å². The fourth-order valence-electron chi connectivity index (χ4n) is 1.33. The van der Waals surface area contributed by atoms with Crippen LogP contribution < -0.4 is 0 Å². The highest BCUT2D eigenvalue weighted by atomic mass is 32.2. The lowest BCUT2D eigenvalue weighted by Crippen LogP contribution is -1.92. The number of aryl methyl sites for hydroxylation is 2. The Labute approximate surface area is 96.1 Å². The van der Waals surface area contributed by atoms with Crippen LogP contribution in [0.3, 0.4) is 0 Å². The molecule has 0 aliphatic carbocycles. The van der Waals surface area contributed by atoms with E-state index < -0.39 is 0 Å². The Bertz CT molecular complexity index is 474. The molecule has 0 saturated carbocycles. The topological polar surface area (TPSA) is 34.9 Å². The molecule has 0 aromatic carbocycles. The van der Waals surface area contributed by atoms with E-state index in [0.717, 1.165) is 17.0 Å². The molecular formula is C10H10N2OS2. The number of hydrogen-bond acceptors (Lipinski definition) is 4. The maximum absolute atomic E-state index is 10.9. The van der Waals surface area contributed by atoms with Gasteiger partial charge in [0.25, 0.3) is 0 Å². The number of aldehydes is 1. The molecule has 0 aliphatic heterocycles. The average molecular weight is 238 g/mol. The van der Waals surface area contributed by atoms with Gasteiger partial charge >= 0.3 is 0 Å². The minimum Gasteiger partial charge on any atom is -0.298 e. The lowest BCUT2D eigenvalue weighted by atomic mass is 10.3. The fraction of sp³-hybridized carbons (Fsp3) is 0.200. The molecule has 2 rings (SSSR count). The first-order valence-electron chi connectivity index (χ1n) is 4.42. The minimum atomic E-state index is 0.691. The molecule has 0 saturated heterocycles. The third-order valence-electron chi connectivity index (χ3n) is 2.02. The quantitative estimate of drug-likeness (QED) is 0.771. The number of rotatable bonds is 3. The van der Waals surface area contributed by atoms with Gasteiger partial charge in [0.15, 0.2) is 6.29 Å². The zero-order valence-electron chi connectivity index (χ0n) is 8.43. The Hall–Kier alpha value is -1.07. The van der Waals surface area contributed by atoms with E-state index in [4.69, 9.17) is 0 Å². The third-order valence-corrected chi connectivity index (χ3v) is 4.24. The molecule has 0 N–H and O–H groups in total. The van der Waals surface area contributed by atoms with E-state index in [9.17, 15) is 4.79 Å². The molecule has 0 bridgehead atoms. The average Bonchev–Trinajstić information content (AvgIpc) is 2.77. The number of carbonyl (C=O) groups is 1. The van der Waals surface area contributed by atoms with Crippen LogP contribution in [0.4, 0.5) is 0 Å². The predicted molar refractivity (Wildman–Crippen MR) is 61.8 cm³/mol. The van der Waals surface area contributed by atoms with Gasteiger partial charge in [-0.1, -0.05) is 17.8 Å². The Morgan fingerprint density at radius 2 is 2.40 bits per heavy atom. The molecule has 0 unspecified atom stereocenters. The van der Waals surface area contributed by atoms with Crippen molar-refractivity contribution in [1.82, 2.24) is 9.78 Å². The zero-order chi connectivity index (χ0) is 10.8. The first-order chi connectivity index (χ1) is 7.22. The second-order valence-electron chi connectivity index (χ2n) is 3.08. The van der Waals surface area contributed by atoms with E-state index in [0.29, 0.717) is 5.56 Å². The summed E-state index contributed by atoms with van der Waals surface area (Å²) < 4.78 is 2.92. The van der Waals surface area contributed by atoms with Crippen LogP contribution in [0.25, 0.3) is 0 Å². The van der Waals surface area contributed by atoms with Crippen molar-refractivity contribution in [3.05, 3.63) is 28.8 Å². The Kier molecular flexibility index (Phi) is 2.93. The molecule has 0 amide bonds. The minimum absolute atomic E-state index is 0.691. The van der Waals surface area contributed by atoms with Crippen LogP contribution in [0.5, 0.6) is 0 Å². The summed E-state index contributed by atoms with van der Waals surface area (Å²) in [6.07, 6.45) is 0.873. The molecule has 0 spiro atoms. The normalized spacial score (nSPS) is 10.5. The molecule has 0 atom stereocenters. The van der Waals surface area contributed by atoms with Crippen molar-refractivity contribution in [2.75, 3.05) is 0 Å². The number of carbonyl (C=O) groups excluding carboxylic acids is 1. The van der Waals surface area contributed by atoms with Crippen LogP contribution in [-0.4, -0.2) is 16.1 Å². The lowest BCUT2D eigenvalue weighted by Gasteiger charge is -1.99. The van der Waals surface area contributed by atoms with Crippen molar-refractivity contribution in [3.63, 3.8) is 0 Å². The number of aromatic nitrogens is 2. The van der Waals surface area contributed by atoms with Gasteiger partial charge in [0.05, 0.1) is 15.5 Å². The van der Waals surface area contributed by atoms with E-state index in [2.05, 4.69) is 5.10 Å². The van der Waals surface area contributed by atoms with Crippen molar-refractivity contribution >= 4 is 29.4 Å². The fourth-order valence-corrected chi connectivity index (χ4v) is 3.19. The van der Waals surface area contributed by atoms with Gasteiger partial charge in [-0.3, -0.25) is 9.48 Å². The van der Waals surface area contributed by atoms with Gasteiger partial charge < -0.3 is 0 Å². The molecule has 3 nitrogen and oxygen atoms in total. The van der Waals surface area contributed by atoms with Crippen LogP contribution in [0.2, 0.25) is 0 Å². The van der Waals surface area contributed by atoms with Crippen molar-refractivity contribution < 1.29 is 4.79 Å². The highest BCUT2D eigenvalue weighted by Gasteiger charge is 2.13. The van der Waals surface area contributed by atoms with Crippen LogP contribution in [0.15, 0.2) is 26.7 Å². The van der Waals surface area contributed by atoms with Gasteiger partial charge in [-0.25, -0.2) is 0 Å². The van der Waals surface area contributed by atoms with E-state index in [1.54, 1.807) is 27.8 Å². The Balaban J connectivity index is 2.39. The molecular weight excluding hydrogens is 228 g/mol. The molecule has 2 heterocycles. The Morgan fingerprint density at radius 3 is 3.00 bits per heavy atom. The highest BCUT2D eigenvalue weighted by Crippen LogP contribution is 2.33. The molecule has 5 heteroatoms. The van der Waals surface area contributed by atoms with E-state index in [1.165, 1.54) is 4.21 Å². The monoisotopic (exact) mass is 238 g/mol. The molecule has 15 heavy (non-hydrogen) atoms. The first-order valence-corrected chi connectivity index (χ1v) is 6.12. The first kappa shape index (κ1) is 10.4. The van der Waals surface area contributed by atoms with Crippen LogP contribution in [0, 0.1) is 6.92 Å². The summed E-state index contributed by atoms with van der Waals surface area (Å²) in [6, 6.07) is 4.03. The van der Waals surface area contributed by atoms with Crippen LogP contribution in [0.1, 0.15) is 16.1 Å². The SMILES string of the molecule is Cc1nn(C)c(Sc2cccs2)c1C=O. The lowest BCUT2D eigenvalue weighted by molar-refractivity contribution is 0.112. The van der Waals surface area contributed by atoms with Gasteiger partial charge in [0.1, 0.15) is 5.03 Å². The summed E-state index contributed by atoms with van der Waals surface area (Å²) in [7, 11) is 1.86. The third kappa shape index (κ3) is 1.98. The second kappa shape index (κ2) is 4.20.